The fraction of sp³-hybridized carbons (Fsp3) is 0.407. The summed E-state index contributed by atoms with van der Waals surface area (Å²) in [7, 11) is 1.91. The van der Waals surface area contributed by atoms with Crippen LogP contribution in [0.3, 0.4) is 0 Å². The zero-order valence-electron chi connectivity index (χ0n) is 18.7. The summed E-state index contributed by atoms with van der Waals surface area (Å²) < 4.78 is 7.74. The van der Waals surface area contributed by atoms with E-state index in [4.69, 9.17) is 4.74 Å². The maximum absolute atomic E-state index is 13.6. The lowest BCUT2D eigenvalue weighted by atomic mass is 9.78. The molecular weight excluding hydrogens is 398 g/mol. The summed E-state index contributed by atoms with van der Waals surface area (Å²) in [6.45, 7) is 1.40. The Bertz CT molecular complexity index is 1060. The van der Waals surface area contributed by atoms with E-state index in [1.54, 1.807) is 6.20 Å². The van der Waals surface area contributed by atoms with Crippen LogP contribution < -0.4 is 4.74 Å². The van der Waals surface area contributed by atoms with Gasteiger partial charge in [0.05, 0.1) is 17.5 Å². The minimum Gasteiger partial charge on any atom is -0.489 e. The first-order valence-corrected chi connectivity index (χ1v) is 11.8. The summed E-state index contributed by atoms with van der Waals surface area (Å²) in [5, 5.41) is 4.45. The Hall–Kier alpha value is -3.08. The molecule has 2 unspecified atom stereocenters. The van der Waals surface area contributed by atoms with Crippen LogP contribution in [0.25, 0.3) is 11.3 Å². The number of aromatic nitrogens is 2. The highest BCUT2D eigenvalue weighted by Gasteiger charge is 2.37. The molecule has 2 aliphatic rings. The molecule has 1 aliphatic heterocycles. The predicted molar refractivity (Wildman–Crippen MR) is 125 cm³/mol. The third kappa shape index (κ3) is 4.16. The Labute approximate surface area is 190 Å². The first-order valence-electron chi connectivity index (χ1n) is 11.8. The van der Waals surface area contributed by atoms with Crippen molar-refractivity contribution in [2.75, 3.05) is 6.54 Å². The minimum atomic E-state index is 0.133. The van der Waals surface area contributed by atoms with Crippen molar-refractivity contribution in [2.45, 2.75) is 51.2 Å². The van der Waals surface area contributed by atoms with Crippen molar-refractivity contribution in [3.8, 4) is 17.0 Å². The van der Waals surface area contributed by atoms with E-state index < -0.39 is 0 Å². The summed E-state index contributed by atoms with van der Waals surface area (Å²) in [4.78, 5) is 15.8. The molecule has 32 heavy (non-hydrogen) atoms. The zero-order valence-corrected chi connectivity index (χ0v) is 18.7. The minimum absolute atomic E-state index is 0.133. The van der Waals surface area contributed by atoms with Crippen LogP contribution >= 0.6 is 0 Å². The standard InChI is InChI=1S/C27H31N3O2/c1-29-26(22-13-15-23(16-14-22)32-19-20-8-3-2-4-9-20)24(18-28-29)27(31)30-17-7-11-21-10-5-6-12-25(21)30/h2-4,8-9,13-16,18,21,25H,5-7,10-12,17,19H2,1H3. The van der Waals surface area contributed by atoms with Gasteiger partial charge < -0.3 is 9.64 Å². The van der Waals surface area contributed by atoms with Crippen LogP contribution in [-0.2, 0) is 13.7 Å². The highest BCUT2D eigenvalue weighted by atomic mass is 16.5. The molecule has 0 N–H and O–H groups in total. The van der Waals surface area contributed by atoms with Gasteiger partial charge in [0.1, 0.15) is 12.4 Å². The number of nitrogens with zero attached hydrogens (tertiary/aromatic N) is 3. The molecular formula is C27H31N3O2. The van der Waals surface area contributed by atoms with Crippen molar-refractivity contribution in [3.63, 3.8) is 0 Å². The van der Waals surface area contributed by atoms with E-state index in [1.807, 2.05) is 54.2 Å². The summed E-state index contributed by atoms with van der Waals surface area (Å²) in [6.07, 6.45) is 9.05. The molecule has 5 rings (SSSR count). The maximum atomic E-state index is 13.6. The first-order chi connectivity index (χ1) is 15.7. The number of hydrogen-bond donors (Lipinski definition) is 0. The van der Waals surface area contributed by atoms with E-state index >= 15 is 0 Å². The van der Waals surface area contributed by atoms with Gasteiger partial charge in [-0.05, 0) is 61.4 Å². The van der Waals surface area contributed by atoms with Crippen molar-refractivity contribution in [2.24, 2.45) is 13.0 Å². The number of benzene rings is 2. The fourth-order valence-electron chi connectivity index (χ4n) is 5.42. The van der Waals surface area contributed by atoms with Crippen molar-refractivity contribution < 1.29 is 9.53 Å². The second-order valence-corrected chi connectivity index (χ2v) is 9.08. The van der Waals surface area contributed by atoms with Gasteiger partial charge in [0.2, 0.25) is 0 Å². The number of hydrogen-bond acceptors (Lipinski definition) is 3. The van der Waals surface area contributed by atoms with Gasteiger partial charge in [-0.15, -0.1) is 0 Å². The van der Waals surface area contributed by atoms with Gasteiger partial charge in [0, 0.05) is 25.2 Å². The van der Waals surface area contributed by atoms with Crippen LogP contribution in [0.15, 0.2) is 60.8 Å². The van der Waals surface area contributed by atoms with E-state index in [0.29, 0.717) is 24.1 Å². The van der Waals surface area contributed by atoms with E-state index in [-0.39, 0.29) is 5.91 Å². The normalized spacial score (nSPS) is 20.6. The van der Waals surface area contributed by atoms with Crippen LogP contribution in [0.4, 0.5) is 0 Å². The largest absolute Gasteiger partial charge is 0.489 e. The van der Waals surface area contributed by atoms with Gasteiger partial charge in [0.15, 0.2) is 0 Å². The summed E-state index contributed by atoms with van der Waals surface area (Å²) >= 11 is 0. The maximum Gasteiger partial charge on any atom is 0.257 e. The third-order valence-corrected chi connectivity index (χ3v) is 7.05. The molecule has 3 aromatic rings. The van der Waals surface area contributed by atoms with Gasteiger partial charge in [-0.2, -0.15) is 5.10 Å². The Morgan fingerprint density at radius 3 is 2.56 bits per heavy atom. The van der Waals surface area contributed by atoms with Crippen LogP contribution in [-0.4, -0.2) is 33.2 Å². The number of piperidine rings is 1. The topological polar surface area (TPSA) is 47.4 Å². The van der Waals surface area contributed by atoms with Gasteiger partial charge in [-0.25, -0.2) is 0 Å². The van der Waals surface area contributed by atoms with Crippen molar-refractivity contribution in [1.82, 2.24) is 14.7 Å². The second-order valence-electron chi connectivity index (χ2n) is 9.08. The van der Waals surface area contributed by atoms with Crippen molar-refractivity contribution >= 4 is 5.91 Å². The molecule has 0 radical (unpaired) electrons. The zero-order chi connectivity index (χ0) is 21.9. The first kappa shape index (κ1) is 20.8. The number of aryl methyl sites for hydroxylation is 1. The SMILES string of the molecule is Cn1ncc(C(=O)N2CCCC3CCCCC32)c1-c1ccc(OCc2ccccc2)cc1. The molecule has 0 spiro atoms. The summed E-state index contributed by atoms with van der Waals surface area (Å²) in [6, 6.07) is 18.5. The summed E-state index contributed by atoms with van der Waals surface area (Å²) in [5.74, 6) is 1.62. The highest BCUT2D eigenvalue weighted by molar-refractivity contribution is 6.00. The van der Waals surface area contributed by atoms with Gasteiger partial charge in [-0.1, -0.05) is 43.2 Å². The Kier molecular flexibility index (Phi) is 5.97. The fourth-order valence-corrected chi connectivity index (χ4v) is 5.42. The van der Waals surface area contributed by atoms with E-state index in [0.717, 1.165) is 42.0 Å². The van der Waals surface area contributed by atoms with Crippen LogP contribution in [0.1, 0.15) is 54.4 Å². The molecule has 1 amide bonds. The molecule has 1 aromatic heterocycles. The van der Waals surface area contributed by atoms with Crippen molar-refractivity contribution in [1.29, 1.82) is 0 Å². The third-order valence-electron chi connectivity index (χ3n) is 7.05. The van der Waals surface area contributed by atoms with Gasteiger partial charge in [-0.3, -0.25) is 9.48 Å². The van der Waals surface area contributed by atoms with Crippen LogP contribution in [0.5, 0.6) is 5.75 Å². The lowest BCUT2D eigenvalue weighted by Gasteiger charge is -2.44. The molecule has 1 saturated carbocycles. The molecule has 1 aliphatic carbocycles. The number of carbonyl (C=O) groups excluding carboxylic acids is 1. The quantitative estimate of drug-likeness (QED) is 0.541. The molecule has 2 heterocycles. The predicted octanol–water partition coefficient (Wildman–Crippen LogP) is 5.46. The lowest BCUT2D eigenvalue weighted by molar-refractivity contribution is 0.0391. The molecule has 5 heteroatoms. The van der Waals surface area contributed by atoms with E-state index in [1.165, 1.54) is 25.7 Å². The average molecular weight is 430 g/mol. The van der Waals surface area contributed by atoms with Gasteiger partial charge in [0.25, 0.3) is 5.91 Å². The molecule has 5 nitrogen and oxygen atoms in total. The van der Waals surface area contributed by atoms with Crippen LogP contribution in [0, 0.1) is 5.92 Å². The number of likely N-dealkylation sites (tertiary alicyclic amines) is 1. The monoisotopic (exact) mass is 429 g/mol. The number of ether oxygens (including phenoxy) is 1. The number of carbonyl (C=O) groups is 1. The smallest absolute Gasteiger partial charge is 0.257 e. The molecule has 1 saturated heterocycles. The number of fused-ring (bicyclic) bond motifs is 1. The molecule has 2 aromatic carbocycles. The Morgan fingerprint density at radius 2 is 1.75 bits per heavy atom. The lowest BCUT2D eigenvalue weighted by Crippen LogP contribution is -2.49. The molecule has 2 atom stereocenters. The molecule has 166 valence electrons. The number of rotatable bonds is 5. The average Bonchev–Trinajstić information content (AvgIpc) is 3.24. The Balaban J connectivity index is 1.35. The summed E-state index contributed by atoms with van der Waals surface area (Å²) in [5.41, 5.74) is 3.70. The Morgan fingerprint density at radius 1 is 1.00 bits per heavy atom. The van der Waals surface area contributed by atoms with E-state index in [9.17, 15) is 4.79 Å². The number of amides is 1. The van der Waals surface area contributed by atoms with Crippen molar-refractivity contribution in [3.05, 3.63) is 71.9 Å². The molecule has 0 bridgehead atoms. The molecule has 2 fully saturated rings. The second kappa shape index (κ2) is 9.19. The van der Waals surface area contributed by atoms with Crippen LogP contribution in [0.2, 0.25) is 0 Å². The van der Waals surface area contributed by atoms with E-state index in [2.05, 4.69) is 22.1 Å². The highest BCUT2D eigenvalue weighted by Crippen LogP contribution is 2.37. The van der Waals surface area contributed by atoms with Gasteiger partial charge >= 0.3 is 0 Å².